The Morgan fingerprint density at radius 2 is 1.37 bits per heavy atom. The van der Waals surface area contributed by atoms with Crippen LogP contribution in [0.15, 0.2) is 64.1 Å². The van der Waals surface area contributed by atoms with Gasteiger partial charge in [-0.1, -0.05) is 52.6 Å². The molecule has 0 aliphatic carbocycles. The van der Waals surface area contributed by atoms with Crippen molar-refractivity contribution in [1.82, 2.24) is 0 Å². The highest BCUT2D eigenvalue weighted by Crippen LogP contribution is 2.15. The molecule has 0 aliphatic heterocycles. The van der Waals surface area contributed by atoms with Gasteiger partial charge in [0.1, 0.15) is 0 Å². The van der Waals surface area contributed by atoms with E-state index in [1.165, 1.54) is 16.7 Å². The van der Waals surface area contributed by atoms with Gasteiger partial charge in [0.25, 0.3) is 10.1 Å². The minimum Gasteiger partial charge on any atom is -0.266 e. The Labute approximate surface area is 166 Å². The van der Waals surface area contributed by atoms with E-state index in [1.807, 2.05) is 6.92 Å². The zero-order valence-corrected chi connectivity index (χ0v) is 18.2. The van der Waals surface area contributed by atoms with Crippen LogP contribution in [0.5, 0.6) is 0 Å². The molecule has 0 fully saturated rings. The first-order valence-corrected chi connectivity index (χ1v) is 11.0. The summed E-state index contributed by atoms with van der Waals surface area (Å²) in [5, 5.41) is 0. The third-order valence-electron chi connectivity index (χ3n) is 4.28. The van der Waals surface area contributed by atoms with Gasteiger partial charge >= 0.3 is 0 Å². The van der Waals surface area contributed by atoms with E-state index in [0.29, 0.717) is 6.42 Å². The largest absolute Gasteiger partial charge is 0.296 e. The summed E-state index contributed by atoms with van der Waals surface area (Å²) in [6.07, 6.45) is 11.5. The molecule has 0 bridgehead atoms. The maximum atomic E-state index is 12.1. The lowest BCUT2D eigenvalue weighted by Crippen LogP contribution is -2.07. The SMILES string of the molecule is CC(C)=CCCC(C)=CCCC(C)=CCCOS(=O)(=O)c1ccc(C)cc1. The summed E-state index contributed by atoms with van der Waals surface area (Å²) >= 11 is 0. The molecule has 3 nitrogen and oxygen atoms in total. The molecular formula is C23H34O3S. The fraction of sp³-hybridized carbons (Fsp3) is 0.478. The van der Waals surface area contributed by atoms with Crippen LogP contribution in [-0.2, 0) is 14.3 Å². The lowest BCUT2D eigenvalue weighted by Gasteiger charge is -2.05. The van der Waals surface area contributed by atoms with Crippen molar-refractivity contribution in [1.29, 1.82) is 0 Å². The molecule has 27 heavy (non-hydrogen) atoms. The molecule has 0 spiro atoms. The number of hydrogen-bond acceptors (Lipinski definition) is 3. The van der Waals surface area contributed by atoms with Crippen molar-refractivity contribution < 1.29 is 12.6 Å². The van der Waals surface area contributed by atoms with Gasteiger partial charge in [0.2, 0.25) is 0 Å². The fourth-order valence-electron chi connectivity index (χ4n) is 2.58. The smallest absolute Gasteiger partial charge is 0.266 e. The average Bonchev–Trinajstić information content (AvgIpc) is 2.59. The summed E-state index contributed by atoms with van der Waals surface area (Å²) in [5.41, 5.74) is 5.08. The minimum atomic E-state index is -3.66. The molecule has 0 unspecified atom stereocenters. The van der Waals surface area contributed by atoms with Gasteiger partial charge in [-0.25, -0.2) is 0 Å². The molecule has 0 radical (unpaired) electrons. The zero-order valence-electron chi connectivity index (χ0n) is 17.4. The number of allylic oxidation sites excluding steroid dienone is 5. The molecule has 0 N–H and O–H groups in total. The van der Waals surface area contributed by atoms with Crippen LogP contribution in [0.2, 0.25) is 0 Å². The van der Waals surface area contributed by atoms with Crippen molar-refractivity contribution in [2.24, 2.45) is 0 Å². The van der Waals surface area contributed by atoms with Gasteiger partial charge < -0.3 is 0 Å². The molecule has 0 atom stereocenters. The highest BCUT2D eigenvalue weighted by molar-refractivity contribution is 7.86. The van der Waals surface area contributed by atoms with Crippen LogP contribution < -0.4 is 0 Å². The normalized spacial score (nSPS) is 12.9. The minimum absolute atomic E-state index is 0.172. The Morgan fingerprint density at radius 3 is 1.93 bits per heavy atom. The van der Waals surface area contributed by atoms with Crippen molar-refractivity contribution in [2.75, 3.05) is 6.61 Å². The topological polar surface area (TPSA) is 43.4 Å². The Bertz CT molecular complexity index is 762. The van der Waals surface area contributed by atoms with E-state index in [9.17, 15) is 8.42 Å². The zero-order chi connectivity index (χ0) is 20.3. The third-order valence-corrected chi connectivity index (χ3v) is 5.61. The van der Waals surface area contributed by atoms with Gasteiger partial charge in [-0.3, -0.25) is 4.18 Å². The van der Waals surface area contributed by atoms with Crippen LogP contribution in [0.25, 0.3) is 0 Å². The van der Waals surface area contributed by atoms with Crippen molar-refractivity contribution in [3.63, 3.8) is 0 Å². The van der Waals surface area contributed by atoms with E-state index in [-0.39, 0.29) is 11.5 Å². The highest BCUT2D eigenvalue weighted by atomic mass is 32.2. The Kier molecular flexibility index (Phi) is 10.3. The molecule has 1 aromatic carbocycles. The van der Waals surface area contributed by atoms with Crippen LogP contribution >= 0.6 is 0 Å². The monoisotopic (exact) mass is 390 g/mol. The molecule has 0 amide bonds. The Hall–Kier alpha value is -1.65. The van der Waals surface area contributed by atoms with Crippen LogP contribution in [0, 0.1) is 6.92 Å². The highest BCUT2D eigenvalue weighted by Gasteiger charge is 2.13. The van der Waals surface area contributed by atoms with Crippen molar-refractivity contribution in [3.05, 3.63) is 64.8 Å². The van der Waals surface area contributed by atoms with E-state index in [2.05, 4.69) is 45.9 Å². The summed E-state index contributed by atoms with van der Waals surface area (Å²) < 4.78 is 29.3. The van der Waals surface area contributed by atoms with E-state index in [4.69, 9.17) is 4.18 Å². The maximum Gasteiger partial charge on any atom is 0.296 e. The van der Waals surface area contributed by atoms with Crippen molar-refractivity contribution in [2.45, 2.75) is 71.6 Å². The lowest BCUT2D eigenvalue weighted by atomic mass is 10.1. The summed E-state index contributed by atoms with van der Waals surface area (Å²) in [6, 6.07) is 6.71. The van der Waals surface area contributed by atoms with Crippen molar-refractivity contribution in [3.8, 4) is 0 Å². The quantitative estimate of drug-likeness (QED) is 0.246. The summed E-state index contributed by atoms with van der Waals surface area (Å²) in [7, 11) is -3.66. The second-order valence-corrected chi connectivity index (χ2v) is 8.95. The molecule has 0 aliphatic rings. The summed E-state index contributed by atoms with van der Waals surface area (Å²) in [4.78, 5) is 0.211. The molecule has 0 saturated carbocycles. The van der Waals surface area contributed by atoms with Crippen LogP contribution in [0.4, 0.5) is 0 Å². The lowest BCUT2D eigenvalue weighted by molar-refractivity contribution is 0.324. The molecule has 1 aromatic rings. The van der Waals surface area contributed by atoms with E-state index < -0.39 is 10.1 Å². The van der Waals surface area contributed by atoms with Crippen LogP contribution in [0.1, 0.15) is 65.4 Å². The Balaban J connectivity index is 2.34. The first-order chi connectivity index (χ1) is 12.7. The number of hydrogen-bond donors (Lipinski definition) is 0. The molecule has 0 saturated heterocycles. The van der Waals surface area contributed by atoms with Gasteiger partial charge in [0.05, 0.1) is 11.5 Å². The first kappa shape index (κ1) is 23.4. The fourth-order valence-corrected chi connectivity index (χ4v) is 3.50. The summed E-state index contributed by atoms with van der Waals surface area (Å²) in [5.74, 6) is 0. The average molecular weight is 391 g/mol. The second kappa shape index (κ2) is 11.9. The van der Waals surface area contributed by atoms with Gasteiger partial charge in [-0.2, -0.15) is 8.42 Å². The van der Waals surface area contributed by atoms with E-state index in [1.54, 1.807) is 24.3 Å². The molecular weight excluding hydrogens is 356 g/mol. The summed E-state index contributed by atoms with van der Waals surface area (Å²) in [6.45, 7) is 10.6. The molecule has 4 heteroatoms. The predicted octanol–water partition coefficient (Wildman–Crippen LogP) is 6.51. The van der Waals surface area contributed by atoms with Crippen molar-refractivity contribution >= 4 is 10.1 Å². The Morgan fingerprint density at radius 1 is 0.852 bits per heavy atom. The van der Waals surface area contributed by atoms with Gasteiger partial charge in [0.15, 0.2) is 0 Å². The third kappa shape index (κ3) is 10.3. The number of aryl methyl sites for hydroxylation is 1. The maximum absolute atomic E-state index is 12.1. The van der Waals surface area contributed by atoms with Gasteiger partial charge in [-0.15, -0.1) is 0 Å². The second-order valence-electron chi connectivity index (χ2n) is 7.34. The molecule has 1 rings (SSSR count). The number of benzene rings is 1. The molecule has 0 aromatic heterocycles. The molecule has 0 heterocycles. The standard InChI is InChI=1S/C23H34O3S/c1-19(2)9-6-10-20(3)11-7-12-21(4)13-8-18-26-27(24,25)23-16-14-22(5)15-17-23/h9,11,13-17H,6-8,10,12,18H2,1-5H3. The first-order valence-electron chi connectivity index (χ1n) is 9.61. The van der Waals surface area contributed by atoms with Crippen LogP contribution in [-0.4, -0.2) is 15.0 Å². The van der Waals surface area contributed by atoms with Gasteiger partial charge in [0, 0.05) is 0 Å². The van der Waals surface area contributed by atoms with Crippen LogP contribution in [0.3, 0.4) is 0 Å². The van der Waals surface area contributed by atoms with Gasteiger partial charge in [-0.05, 0) is 78.9 Å². The number of rotatable bonds is 11. The molecule has 150 valence electrons. The predicted molar refractivity (Wildman–Crippen MR) is 114 cm³/mol. The van der Waals surface area contributed by atoms with E-state index >= 15 is 0 Å². The van der Waals surface area contributed by atoms with E-state index in [0.717, 1.165) is 31.2 Å².